The zero-order valence-electron chi connectivity index (χ0n) is 11.9. The van der Waals surface area contributed by atoms with Crippen LogP contribution in [0.4, 0.5) is 5.82 Å². The Morgan fingerprint density at radius 2 is 2.09 bits per heavy atom. The van der Waals surface area contributed by atoms with Crippen molar-refractivity contribution in [2.45, 2.75) is 19.4 Å². The standard InChI is InChI=1S/C14H12ClN5O3/c15-11-3-1-2-10(8-11)9-14-17-16-13(23-14)5-7-19-6-4-12(18-19)20(21)22/h1-4,6,8H,5,7,9H2. The van der Waals surface area contributed by atoms with E-state index in [0.29, 0.717) is 36.2 Å². The molecule has 0 aliphatic heterocycles. The van der Waals surface area contributed by atoms with Crippen molar-refractivity contribution < 1.29 is 9.34 Å². The van der Waals surface area contributed by atoms with E-state index in [4.69, 9.17) is 16.0 Å². The van der Waals surface area contributed by atoms with E-state index in [1.165, 1.54) is 10.7 Å². The van der Waals surface area contributed by atoms with Crippen LogP contribution in [0.5, 0.6) is 0 Å². The summed E-state index contributed by atoms with van der Waals surface area (Å²) in [6.45, 7) is 0.423. The molecule has 0 aliphatic rings. The summed E-state index contributed by atoms with van der Waals surface area (Å²) in [5.41, 5.74) is 0.982. The van der Waals surface area contributed by atoms with Gasteiger partial charge in [0, 0.05) is 11.4 Å². The maximum Gasteiger partial charge on any atom is 0.389 e. The molecule has 0 saturated carbocycles. The van der Waals surface area contributed by atoms with Crippen LogP contribution in [0.2, 0.25) is 5.02 Å². The van der Waals surface area contributed by atoms with Gasteiger partial charge in [0.05, 0.1) is 30.3 Å². The summed E-state index contributed by atoms with van der Waals surface area (Å²) in [7, 11) is 0. The smallest absolute Gasteiger partial charge is 0.389 e. The van der Waals surface area contributed by atoms with Crippen molar-refractivity contribution in [3.05, 3.63) is 69.0 Å². The summed E-state index contributed by atoms with van der Waals surface area (Å²) in [4.78, 5) is 10.0. The summed E-state index contributed by atoms with van der Waals surface area (Å²) in [6, 6.07) is 8.78. The van der Waals surface area contributed by atoms with Gasteiger partial charge in [0.2, 0.25) is 11.8 Å². The zero-order valence-corrected chi connectivity index (χ0v) is 12.7. The van der Waals surface area contributed by atoms with Gasteiger partial charge in [0.15, 0.2) is 0 Å². The van der Waals surface area contributed by atoms with E-state index in [2.05, 4.69) is 15.3 Å². The third-order valence-electron chi connectivity index (χ3n) is 3.12. The van der Waals surface area contributed by atoms with E-state index in [1.807, 2.05) is 18.2 Å². The van der Waals surface area contributed by atoms with Gasteiger partial charge >= 0.3 is 5.82 Å². The molecule has 0 atom stereocenters. The fraction of sp³-hybridized carbons (Fsp3) is 0.214. The molecule has 8 nitrogen and oxygen atoms in total. The fourth-order valence-electron chi connectivity index (χ4n) is 2.07. The maximum absolute atomic E-state index is 10.6. The second kappa shape index (κ2) is 6.57. The van der Waals surface area contributed by atoms with Crippen molar-refractivity contribution in [1.82, 2.24) is 20.0 Å². The second-order valence-corrected chi connectivity index (χ2v) is 5.28. The predicted octanol–water partition coefficient (Wildman–Crippen LogP) is 2.66. The van der Waals surface area contributed by atoms with Crippen LogP contribution in [0.25, 0.3) is 0 Å². The molecule has 9 heteroatoms. The lowest BCUT2D eigenvalue weighted by Gasteiger charge is -1.97. The molecule has 0 radical (unpaired) electrons. The summed E-state index contributed by atoms with van der Waals surface area (Å²) in [5.74, 6) is 0.770. The van der Waals surface area contributed by atoms with E-state index >= 15 is 0 Å². The van der Waals surface area contributed by atoms with Crippen LogP contribution < -0.4 is 0 Å². The van der Waals surface area contributed by atoms with Crippen molar-refractivity contribution in [3.8, 4) is 0 Å². The maximum atomic E-state index is 10.6. The molecule has 2 heterocycles. The Morgan fingerprint density at radius 1 is 1.26 bits per heavy atom. The monoisotopic (exact) mass is 333 g/mol. The first-order chi connectivity index (χ1) is 11.1. The summed E-state index contributed by atoms with van der Waals surface area (Å²) >= 11 is 5.93. The van der Waals surface area contributed by atoms with Crippen LogP contribution in [0, 0.1) is 10.1 Å². The van der Waals surface area contributed by atoms with E-state index in [0.717, 1.165) is 5.56 Å². The van der Waals surface area contributed by atoms with Gasteiger partial charge in [-0.2, -0.15) is 4.68 Å². The largest absolute Gasteiger partial charge is 0.425 e. The zero-order chi connectivity index (χ0) is 16.2. The number of hydrogen-bond acceptors (Lipinski definition) is 6. The predicted molar refractivity (Wildman–Crippen MR) is 81.1 cm³/mol. The van der Waals surface area contributed by atoms with Gasteiger partial charge in [-0.15, -0.1) is 10.2 Å². The number of hydrogen-bond donors (Lipinski definition) is 0. The Hall–Kier alpha value is -2.74. The van der Waals surface area contributed by atoms with Crippen molar-refractivity contribution in [3.63, 3.8) is 0 Å². The summed E-state index contributed by atoms with van der Waals surface area (Å²) < 4.78 is 7.03. The molecule has 2 aromatic heterocycles. The lowest BCUT2D eigenvalue weighted by Crippen LogP contribution is -2.03. The molecule has 0 N–H and O–H groups in total. The molecule has 0 bridgehead atoms. The summed E-state index contributed by atoms with van der Waals surface area (Å²) in [6.07, 6.45) is 2.49. The first-order valence-electron chi connectivity index (χ1n) is 6.84. The van der Waals surface area contributed by atoms with E-state index in [9.17, 15) is 10.1 Å². The average molecular weight is 334 g/mol. The molecule has 1 aromatic carbocycles. The Balaban J connectivity index is 1.59. The van der Waals surface area contributed by atoms with Crippen LogP contribution in [-0.4, -0.2) is 24.9 Å². The lowest BCUT2D eigenvalue weighted by molar-refractivity contribution is -0.389. The van der Waals surface area contributed by atoms with Crippen molar-refractivity contribution >= 4 is 17.4 Å². The van der Waals surface area contributed by atoms with Crippen LogP contribution in [0.15, 0.2) is 40.9 Å². The fourth-order valence-corrected chi connectivity index (χ4v) is 2.28. The molecular weight excluding hydrogens is 322 g/mol. The highest BCUT2D eigenvalue weighted by atomic mass is 35.5. The van der Waals surface area contributed by atoms with Crippen molar-refractivity contribution in [1.29, 1.82) is 0 Å². The number of aromatic nitrogens is 4. The van der Waals surface area contributed by atoms with E-state index in [1.54, 1.807) is 12.3 Å². The molecule has 0 amide bonds. The SMILES string of the molecule is O=[N+]([O-])c1ccn(CCc2nnc(Cc3cccc(Cl)c3)o2)n1. The minimum atomic E-state index is -0.535. The highest BCUT2D eigenvalue weighted by Gasteiger charge is 2.12. The molecule has 0 fully saturated rings. The molecule has 3 rings (SSSR count). The van der Waals surface area contributed by atoms with Crippen LogP contribution in [-0.2, 0) is 19.4 Å². The number of rotatable bonds is 6. The number of nitrogens with zero attached hydrogens (tertiary/aromatic N) is 5. The highest BCUT2D eigenvalue weighted by Crippen LogP contribution is 2.14. The molecule has 3 aromatic rings. The Bertz CT molecular complexity index is 829. The van der Waals surface area contributed by atoms with Gasteiger partial charge in [0.25, 0.3) is 0 Å². The molecule has 118 valence electrons. The highest BCUT2D eigenvalue weighted by molar-refractivity contribution is 6.30. The third-order valence-corrected chi connectivity index (χ3v) is 3.36. The Labute approximate surface area is 135 Å². The number of benzene rings is 1. The topological polar surface area (TPSA) is 99.9 Å². The van der Waals surface area contributed by atoms with Crippen molar-refractivity contribution in [2.75, 3.05) is 0 Å². The number of aryl methyl sites for hydroxylation is 2. The molecule has 0 spiro atoms. The average Bonchev–Trinajstić information content (AvgIpc) is 3.14. The molecule has 0 saturated heterocycles. The van der Waals surface area contributed by atoms with E-state index in [-0.39, 0.29) is 5.82 Å². The molecular formula is C14H12ClN5O3. The third kappa shape index (κ3) is 3.92. The van der Waals surface area contributed by atoms with Crippen LogP contribution >= 0.6 is 11.6 Å². The normalized spacial score (nSPS) is 10.8. The van der Waals surface area contributed by atoms with Crippen LogP contribution in [0.1, 0.15) is 17.3 Å². The second-order valence-electron chi connectivity index (χ2n) is 4.84. The number of nitro groups is 1. The number of halogens is 1. The van der Waals surface area contributed by atoms with Gasteiger partial charge in [-0.3, -0.25) is 0 Å². The minimum Gasteiger partial charge on any atom is -0.425 e. The minimum absolute atomic E-state index is 0.183. The Morgan fingerprint density at radius 3 is 2.83 bits per heavy atom. The van der Waals surface area contributed by atoms with Crippen molar-refractivity contribution in [2.24, 2.45) is 0 Å². The van der Waals surface area contributed by atoms with E-state index < -0.39 is 4.92 Å². The first-order valence-corrected chi connectivity index (χ1v) is 7.21. The van der Waals surface area contributed by atoms with Gasteiger partial charge in [-0.05, 0) is 22.6 Å². The lowest BCUT2D eigenvalue weighted by atomic mass is 10.1. The molecule has 0 unspecified atom stereocenters. The summed E-state index contributed by atoms with van der Waals surface area (Å²) in [5, 5.41) is 23.0. The van der Waals surface area contributed by atoms with Crippen LogP contribution in [0.3, 0.4) is 0 Å². The van der Waals surface area contributed by atoms with Gasteiger partial charge in [0.1, 0.15) is 0 Å². The van der Waals surface area contributed by atoms with Gasteiger partial charge in [-0.1, -0.05) is 23.7 Å². The molecule has 0 aliphatic carbocycles. The molecule has 23 heavy (non-hydrogen) atoms. The Kier molecular flexibility index (Phi) is 4.33. The van der Waals surface area contributed by atoms with Gasteiger partial charge < -0.3 is 14.5 Å². The quantitative estimate of drug-likeness (QED) is 0.508. The first kappa shape index (κ1) is 15.2. The van der Waals surface area contributed by atoms with Gasteiger partial charge in [-0.25, -0.2) is 0 Å².